The first-order valence-corrected chi connectivity index (χ1v) is 8.10. The molecule has 0 aliphatic carbocycles. The molecule has 0 aromatic heterocycles. The summed E-state index contributed by atoms with van der Waals surface area (Å²) in [6, 6.07) is 11.9. The average Bonchev–Trinajstić information content (AvgIpc) is 2.58. The van der Waals surface area contributed by atoms with E-state index in [1.54, 1.807) is 49.5 Å². The Labute approximate surface area is 151 Å². The number of aromatic hydroxyl groups is 1. The van der Waals surface area contributed by atoms with Gasteiger partial charge in [0.05, 0.1) is 13.7 Å². The number of hydrogen-bond acceptors (Lipinski definition) is 4. The van der Waals surface area contributed by atoms with Crippen molar-refractivity contribution in [2.24, 2.45) is 0 Å². The lowest BCUT2D eigenvalue weighted by molar-refractivity contribution is 0.203. The maximum absolute atomic E-state index is 12.1. The van der Waals surface area contributed by atoms with Gasteiger partial charge in [0.25, 0.3) is 0 Å². The Morgan fingerprint density at radius 1 is 1.28 bits per heavy atom. The molecule has 0 aliphatic heterocycles. The highest BCUT2D eigenvalue weighted by Crippen LogP contribution is 2.26. The van der Waals surface area contributed by atoms with Crippen LogP contribution in [0.1, 0.15) is 5.56 Å². The molecule has 0 radical (unpaired) electrons. The van der Waals surface area contributed by atoms with Crippen molar-refractivity contribution >= 4 is 17.6 Å². The molecule has 2 amide bonds. The number of rotatable bonds is 7. The first-order valence-electron chi connectivity index (χ1n) is 7.73. The summed E-state index contributed by atoms with van der Waals surface area (Å²) in [6.07, 6.45) is 0. The highest BCUT2D eigenvalue weighted by Gasteiger charge is 2.10. The number of carbonyl (C=O) groups excluding carboxylic acids is 1. The summed E-state index contributed by atoms with van der Waals surface area (Å²) in [5.74, 6) is 1.10. The van der Waals surface area contributed by atoms with Crippen molar-refractivity contribution in [3.63, 3.8) is 0 Å². The number of benzene rings is 2. The van der Waals surface area contributed by atoms with E-state index in [2.05, 4.69) is 5.32 Å². The highest BCUT2D eigenvalue weighted by atomic mass is 35.5. The van der Waals surface area contributed by atoms with E-state index in [-0.39, 0.29) is 11.8 Å². The number of ether oxygens (including phenoxy) is 2. The fourth-order valence-electron chi connectivity index (χ4n) is 2.20. The van der Waals surface area contributed by atoms with Gasteiger partial charge in [-0.15, -0.1) is 0 Å². The molecule has 0 unspecified atom stereocenters. The first-order chi connectivity index (χ1) is 12.0. The maximum atomic E-state index is 12.1. The van der Waals surface area contributed by atoms with E-state index >= 15 is 0 Å². The molecule has 134 valence electrons. The number of halogens is 1. The Balaban J connectivity index is 1.75. The number of hydrogen-bond donors (Lipinski definition) is 2. The van der Waals surface area contributed by atoms with Gasteiger partial charge in [-0.1, -0.05) is 23.7 Å². The van der Waals surface area contributed by atoms with Crippen LogP contribution in [0.25, 0.3) is 0 Å². The van der Waals surface area contributed by atoms with Crippen molar-refractivity contribution in [3.8, 4) is 17.2 Å². The van der Waals surface area contributed by atoms with E-state index in [9.17, 15) is 9.90 Å². The SMILES string of the molecule is COc1ccc(CN(C)C(=O)NCCOc2cccc(Cl)c2)cc1O. The van der Waals surface area contributed by atoms with Gasteiger partial charge in [0.2, 0.25) is 0 Å². The van der Waals surface area contributed by atoms with Gasteiger partial charge in [0.15, 0.2) is 11.5 Å². The average molecular weight is 365 g/mol. The van der Waals surface area contributed by atoms with Crippen LogP contribution in [0.5, 0.6) is 17.2 Å². The van der Waals surface area contributed by atoms with Gasteiger partial charge >= 0.3 is 6.03 Å². The Morgan fingerprint density at radius 2 is 2.08 bits per heavy atom. The van der Waals surface area contributed by atoms with Gasteiger partial charge < -0.3 is 24.8 Å². The standard InChI is InChI=1S/C18H21ClN2O4/c1-21(12-13-6-7-17(24-2)16(22)10-13)18(23)20-8-9-25-15-5-3-4-14(19)11-15/h3-7,10-11,22H,8-9,12H2,1-2H3,(H,20,23). The zero-order valence-corrected chi connectivity index (χ0v) is 14.9. The molecular formula is C18H21ClN2O4. The highest BCUT2D eigenvalue weighted by molar-refractivity contribution is 6.30. The van der Waals surface area contributed by atoms with Crippen molar-refractivity contribution in [1.29, 1.82) is 0 Å². The summed E-state index contributed by atoms with van der Waals surface area (Å²) in [5, 5.41) is 13.1. The molecule has 0 spiro atoms. The Hall–Kier alpha value is -2.60. The van der Waals surface area contributed by atoms with Crippen LogP contribution in [0.4, 0.5) is 4.79 Å². The van der Waals surface area contributed by atoms with E-state index in [0.717, 1.165) is 5.56 Å². The number of carbonyl (C=O) groups is 1. The van der Waals surface area contributed by atoms with Crippen LogP contribution in [0.2, 0.25) is 5.02 Å². The van der Waals surface area contributed by atoms with Crippen molar-refractivity contribution < 1.29 is 19.4 Å². The molecule has 0 bridgehead atoms. The van der Waals surface area contributed by atoms with Crippen molar-refractivity contribution in [3.05, 3.63) is 53.1 Å². The third kappa shape index (κ3) is 5.76. The largest absolute Gasteiger partial charge is 0.504 e. The third-order valence-electron chi connectivity index (χ3n) is 3.45. The summed E-state index contributed by atoms with van der Waals surface area (Å²) >= 11 is 5.87. The number of phenols is 1. The number of nitrogens with one attached hydrogen (secondary N) is 1. The van der Waals surface area contributed by atoms with E-state index < -0.39 is 0 Å². The quantitative estimate of drug-likeness (QED) is 0.740. The zero-order valence-electron chi connectivity index (χ0n) is 14.2. The second kappa shape index (κ2) is 9.03. The molecule has 2 N–H and O–H groups in total. The molecule has 0 aliphatic rings. The van der Waals surface area contributed by atoms with Crippen LogP contribution >= 0.6 is 11.6 Å². The summed E-state index contributed by atoms with van der Waals surface area (Å²) in [6.45, 7) is 1.06. The predicted molar refractivity (Wildman–Crippen MR) is 96.5 cm³/mol. The van der Waals surface area contributed by atoms with Crippen LogP contribution in [0.3, 0.4) is 0 Å². The van der Waals surface area contributed by atoms with E-state index in [1.807, 2.05) is 0 Å². The van der Waals surface area contributed by atoms with Crippen LogP contribution in [0, 0.1) is 0 Å². The van der Waals surface area contributed by atoms with Crippen LogP contribution in [0.15, 0.2) is 42.5 Å². The van der Waals surface area contributed by atoms with Crippen molar-refractivity contribution in [2.45, 2.75) is 6.54 Å². The Kier molecular flexibility index (Phi) is 6.77. The molecule has 0 fully saturated rings. The maximum Gasteiger partial charge on any atom is 0.317 e. The summed E-state index contributed by atoms with van der Waals surface area (Å²) < 4.78 is 10.5. The molecule has 0 heterocycles. The monoisotopic (exact) mass is 364 g/mol. The molecule has 25 heavy (non-hydrogen) atoms. The van der Waals surface area contributed by atoms with Gasteiger partial charge in [0.1, 0.15) is 12.4 Å². The van der Waals surface area contributed by atoms with Gasteiger partial charge in [0, 0.05) is 18.6 Å². The molecule has 2 aromatic rings. The molecule has 6 nitrogen and oxygen atoms in total. The molecule has 2 aromatic carbocycles. The minimum atomic E-state index is -0.231. The molecule has 0 saturated heterocycles. The van der Waals surface area contributed by atoms with Gasteiger partial charge in [-0.25, -0.2) is 4.79 Å². The van der Waals surface area contributed by atoms with E-state index in [1.165, 1.54) is 12.0 Å². The van der Waals surface area contributed by atoms with Gasteiger partial charge in [-0.3, -0.25) is 0 Å². The minimum absolute atomic E-state index is 0.0451. The fourth-order valence-corrected chi connectivity index (χ4v) is 2.38. The number of amides is 2. The lowest BCUT2D eigenvalue weighted by Crippen LogP contribution is -2.38. The van der Waals surface area contributed by atoms with Crippen LogP contribution in [-0.4, -0.2) is 43.3 Å². The summed E-state index contributed by atoms with van der Waals surface area (Å²) in [4.78, 5) is 13.6. The third-order valence-corrected chi connectivity index (χ3v) is 3.69. The second-order valence-corrected chi connectivity index (χ2v) is 5.84. The minimum Gasteiger partial charge on any atom is -0.504 e. The number of urea groups is 1. The predicted octanol–water partition coefficient (Wildman–Crippen LogP) is 3.27. The topological polar surface area (TPSA) is 71.0 Å². The van der Waals surface area contributed by atoms with Crippen molar-refractivity contribution in [2.75, 3.05) is 27.3 Å². The fraction of sp³-hybridized carbons (Fsp3) is 0.278. The number of methoxy groups -OCH3 is 1. The molecular weight excluding hydrogens is 344 g/mol. The first kappa shape index (κ1) is 18.7. The lowest BCUT2D eigenvalue weighted by atomic mass is 10.2. The molecule has 7 heteroatoms. The zero-order chi connectivity index (χ0) is 18.2. The van der Waals surface area contributed by atoms with Crippen molar-refractivity contribution in [1.82, 2.24) is 10.2 Å². The normalized spacial score (nSPS) is 10.2. The molecule has 2 rings (SSSR count). The second-order valence-electron chi connectivity index (χ2n) is 5.40. The van der Waals surface area contributed by atoms with Gasteiger partial charge in [-0.2, -0.15) is 0 Å². The smallest absolute Gasteiger partial charge is 0.317 e. The number of nitrogens with zero attached hydrogens (tertiary/aromatic N) is 1. The molecule has 0 atom stereocenters. The molecule has 0 saturated carbocycles. The Bertz CT molecular complexity index is 724. The lowest BCUT2D eigenvalue weighted by Gasteiger charge is -2.18. The van der Waals surface area contributed by atoms with E-state index in [4.69, 9.17) is 21.1 Å². The van der Waals surface area contributed by atoms with E-state index in [0.29, 0.717) is 36.2 Å². The summed E-state index contributed by atoms with van der Waals surface area (Å²) in [5.41, 5.74) is 0.797. The summed E-state index contributed by atoms with van der Waals surface area (Å²) in [7, 11) is 3.16. The number of phenolic OH excluding ortho intramolecular Hbond substituents is 1. The van der Waals surface area contributed by atoms with Gasteiger partial charge in [-0.05, 0) is 35.9 Å². The van der Waals surface area contributed by atoms with Crippen LogP contribution in [-0.2, 0) is 6.54 Å². The van der Waals surface area contributed by atoms with Crippen LogP contribution < -0.4 is 14.8 Å². The Morgan fingerprint density at radius 3 is 2.76 bits per heavy atom.